The van der Waals surface area contributed by atoms with Gasteiger partial charge in [-0.3, -0.25) is 23.4 Å². The Morgan fingerprint density at radius 3 is 1.43 bits per heavy atom. The van der Waals surface area contributed by atoms with Crippen LogP contribution in [0.2, 0.25) is 0 Å². The van der Waals surface area contributed by atoms with Gasteiger partial charge >= 0.3 is 25.7 Å². The van der Waals surface area contributed by atoms with Crippen molar-refractivity contribution < 1.29 is 47.5 Å². The highest BCUT2D eigenvalue weighted by molar-refractivity contribution is 7.47. The highest BCUT2D eigenvalue weighted by Crippen LogP contribution is 2.43. The Bertz CT molecular complexity index is 1230. The predicted molar refractivity (Wildman–Crippen MR) is 226 cm³/mol. The number of hydrogen-bond acceptors (Lipinski definition) is 9. The molecule has 1 unspecified atom stereocenters. The lowest BCUT2D eigenvalue weighted by molar-refractivity contribution is -0.161. The molecule has 0 heterocycles. The second-order valence-corrected chi connectivity index (χ2v) is 15.2. The number of esters is 2. The molecule has 56 heavy (non-hydrogen) atoms. The number of aliphatic carboxylic acids is 1. The number of phosphoric ester groups is 1. The van der Waals surface area contributed by atoms with Gasteiger partial charge in [0.2, 0.25) is 0 Å². The van der Waals surface area contributed by atoms with E-state index in [0.29, 0.717) is 12.8 Å². The van der Waals surface area contributed by atoms with Crippen molar-refractivity contribution in [2.75, 3.05) is 19.8 Å². The zero-order valence-corrected chi connectivity index (χ0v) is 35.3. The van der Waals surface area contributed by atoms with Crippen molar-refractivity contribution in [1.82, 2.24) is 0 Å². The van der Waals surface area contributed by atoms with E-state index in [4.69, 9.17) is 24.8 Å². The minimum atomic E-state index is -4.73. The molecule has 0 aliphatic carbocycles. The molecule has 4 N–H and O–H groups in total. The van der Waals surface area contributed by atoms with Crippen molar-refractivity contribution in [2.45, 2.75) is 167 Å². The Morgan fingerprint density at radius 1 is 0.554 bits per heavy atom. The fourth-order valence-electron chi connectivity index (χ4n) is 5.08. The average Bonchev–Trinajstić information content (AvgIpc) is 3.17. The summed E-state index contributed by atoms with van der Waals surface area (Å²) >= 11 is 0. The molecule has 0 radical (unpaired) electrons. The average molecular weight is 808 g/mol. The molecule has 11 nitrogen and oxygen atoms in total. The molecule has 0 spiro atoms. The molecule has 12 heteroatoms. The fourth-order valence-corrected chi connectivity index (χ4v) is 5.85. The standard InChI is InChI=1S/C44H74NO10P/c1-3-5-7-9-11-13-15-17-19-20-22-24-26-28-30-32-34-36-43(47)55-40(38-53-56(50,51)54-39-41(45)44(48)49)37-52-42(46)35-33-31-29-27-25-23-21-18-16-14-12-10-8-6-4-2/h11-14,17-19,21-22,24-25,27,40-41H,3-10,15-16,20,23,26,28-39,45H2,1-2H3,(H,48,49)(H,50,51)/b13-11-,14-12-,19-17-,21-18-,24-22-,27-25-/t40-,41+/m1/s1. The summed E-state index contributed by atoms with van der Waals surface area (Å²) in [6.07, 6.45) is 45.4. The molecule has 320 valence electrons. The Kier molecular flexibility index (Phi) is 36.6. The number of ether oxygens (including phenoxy) is 2. The summed E-state index contributed by atoms with van der Waals surface area (Å²) in [5.41, 5.74) is 5.32. The largest absolute Gasteiger partial charge is 0.480 e. The molecular formula is C44H74NO10P. The Hall–Kier alpha value is -3.08. The zero-order chi connectivity index (χ0) is 41.4. The molecule has 0 fully saturated rings. The Morgan fingerprint density at radius 2 is 0.946 bits per heavy atom. The van der Waals surface area contributed by atoms with Gasteiger partial charge in [-0.05, 0) is 89.9 Å². The number of nitrogens with two attached hydrogens (primary N) is 1. The first-order valence-electron chi connectivity index (χ1n) is 21.0. The number of carboxylic acids is 1. The summed E-state index contributed by atoms with van der Waals surface area (Å²) in [5.74, 6) is -2.47. The second-order valence-electron chi connectivity index (χ2n) is 13.8. The van der Waals surface area contributed by atoms with Crippen LogP contribution in [0, 0.1) is 0 Å². The highest BCUT2D eigenvalue weighted by Gasteiger charge is 2.28. The van der Waals surface area contributed by atoms with Gasteiger partial charge in [0, 0.05) is 12.8 Å². The molecule has 0 aromatic heterocycles. The topological polar surface area (TPSA) is 172 Å². The van der Waals surface area contributed by atoms with E-state index >= 15 is 0 Å². The summed E-state index contributed by atoms with van der Waals surface area (Å²) in [7, 11) is -4.73. The predicted octanol–water partition coefficient (Wildman–Crippen LogP) is 10.9. The van der Waals surface area contributed by atoms with Crippen LogP contribution in [0.1, 0.15) is 155 Å². The normalized spacial score (nSPS) is 14.5. The zero-order valence-electron chi connectivity index (χ0n) is 34.4. The minimum absolute atomic E-state index is 0.123. The number of carbonyl (C=O) groups is 3. The van der Waals surface area contributed by atoms with Gasteiger partial charge in [-0.1, -0.05) is 125 Å². The maximum absolute atomic E-state index is 12.6. The number of phosphoric acid groups is 1. The van der Waals surface area contributed by atoms with Crippen molar-refractivity contribution in [3.05, 3.63) is 72.9 Å². The van der Waals surface area contributed by atoms with E-state index in [0.717, 1.165) is 77.0 Å². The minimum Gasteiger partial charge on any atom is -0.480 e. The number of rotatable bonds is 38. The molecule has 0 aliphatic rings. The van der Waals surface area contributed by atoms with Crippen LogP contribution in [0.3, 0.4) is 0 Å². The van der Waals surface area contributed by atoms with Crippen LogP contribution in [0.15, 0.2) is 72.9 Å². The maximum atomic E-state index is 12.6. The van der Waals surface area contributed by atoms with E-state index in [-0.39, 0.29) is 19.4 Å². The summed E-state index contributed by atoms with van der Waals surface area (Å²) in [6.45, 7) is 2.66. The number of allylic oxidation sites excluding steroid dienone is 12. The van der Waals surface area contributed by atoms with Gasteiger partial charge in [0.1, 0.15) is 12.6 Å². The van der Waals surface area contributed by atoms with Crippen LogP contribution >= 0.6 is 7.82 Å². The second kappa shape index (κ2) is 38.8. The summed E-state index contributed by atoms with van der Waals surface area (Å²) < 4.78 is 32.6. The van der Waals surface area contributed by atoms with E-state index in [1.54, 1.807) is 0 Å². The van der Waals surface area contributed by atoms with Crippen LogP contribution in [0.25, 0.3) is 0 Å². The van der Waals surface area contributed by atoms with Gasteiger partial charge in [-0.15, -0.1) is 0 Å². The lowest BCUT2D eigenvalue weighted by atomic mass is 10.1. The lowest BCUT2D eigenvalue weighted by Crippen LogP contribution is -2.34. The van der Waals surface area contributed by atoms with E-state index < -0.39 is 51.1 Å². The van der Waals surface area contributed by atoms with Crippen LogP contribution in [-0.2, 0) is 37.5 Å². The van der Waals surface area contributed by atoms with Gasteiger partial charge in [0.15, 0.2) is 6.10 Å². The van der Waals surface area contributed by atoms with Gasteiger partial charge in [-0.2, -0.15) is 0 Å². The fraction of sp³-hybridized carbons (Fsp3) is 0.659. The molecule has 0 saturated heterocycles. The molecule has 0 bridgehead atoms. The smallest absolute Gasteiger partial charge is 0.472 e. The third-order valence-electron chi connectivity index (χ3n) is 8.43. The third-order valence-corrected chi connectivity index (χ3v) is 9.38. The SMILES string of the molecule is CCCCC/C=C\C/C=C\C/C=C\CCCCCCC(=O)O[C@H](COC(=O)CCCC/C=C\C/C=C\C/C=C\CCCCC)COP(=O)(O)OC[C@H](N)C(=O)O. The number of carboxylic acid groups (broad SMARTS) is 1. The third kappa shape index (κ3) is 37.8. The molecule has 0 aromatic rings. The monoisotopic (exact) mass is 808 g/mol. The van der Waals surface area contributed by atoms with Gasteiger partial charge in [0.25, 0.3) is 0 Å². The lowest BCUT2D eigenvalue weighted by Gasteiger charge is -2.20. The number of unbranched alkanes of at least 4 members (excludes halogenated alkanes) is 12. The molecule has 0 aromatic carbocycles. The van der Waals surface area contributed by atoms with E-state index in [1.807, 2.05) is 0 Å². The van der Waals surface area contributed by atoms with Crippen LogP contribution in [0.5, 0.6) is 0 Å². The quantitative estimate of drug-likeness (QED) is 0.0235. The Labute approximate surface area is 338 Å². The summed E-state index contributed by atoms with van der Waals surface area (Å²) in [4.78, 5) is 45.9. The van der Waals surface area contributed by atoms with Crippen molar-refractivity contribution in [3.8, 4) is 0 Å². The molecule has 0 saturated carbocycles. The van der Waals surface area contributed by atoms with Crippen molar-refractivity contribution >= 4 is 25.7 Å². The summed E-state index contributed by atoms with van der Waals surface area (Å²) in [5, 5.41) is 8.88. The molecule has 3 atom stereocenters. The molecule has 0 rings (SSSR count). The van der Waals surface area contributed by atoms with Crippen molar-refractivity contribution in [3.63, 3.8) is 0 Å². The van der Waals surface area contributed by atoms with E-state index in [2.05, 4.69) is 91.3 Å². The number of carbonyl (C=O) groups excluding carboxylic acids is 2. The molecular weight excluding hydrogens is 733 g/mol. The first kappa shape index (κ1) is 52.9. The number of hydrogen-bond donors (Lipinski definition) is 3. The van der Waals surface area contributed by atoms with Gasteiger partial charge in [0.05, 0.1) is 13.2 Å². The highest BCUT2D eigenvalue weighted by atomic mass is 31.2. The first-order valence-corrected chi connectivity index (χ1v) is 22.5. The summed E-state index contributed by atoms with van der Waals surface area (Å²) in [6, 6.07) is -1.53. The van der Waals surface area contributed by atoms with E-state index in [1.165, 1.54) is 38.5 Å². The molecule has 0 aliphatic heterocycles. The van der Waals surface area contributed by atoms with E-state index in [9.17, 15) is 23.8 Å². The van der Waals surface area contributed by atoms with Gasteiger partial charge < -0.3 is 25.2 Å². The molecule has 0 amide bonds. The Balaban J connectivity index is 4.52. The van der Waals surface area contributed by atoms with Crippen LogP contribution in [0.4, 0.5) is 0 Å². The first-order chi connectivity index (χ1) is 27.1. The van der Waals surface area contributed by atoms with Crippen LogP contribution < -0.4 is 5.73 Å². The van der Waals surface area contributed by atoms with Crippen LogP contribution in [-0.4, -0.2) is 59.9 Å². The van der Waals surface area contributed by atoms with Crippen molar-refractivity contribution in [1.29, 1.82) is 0 Å². The van der Waals surface area contributed by atoms with Crippen molar-refractivity contribution in [2.24, 2.45) is 5.73 Å². The maximum Gasteiger partial charge on any atom is 0.472 e. The van der Waals surface area contributed by atoms with Gasteiger partial charge in [-0.25, -0.2) is 4.57 Å².